The van der Waals surface area contributed by atoms with Gasteiger partial charge in [-0.25, -0.2) is 4.79 Å². The summed E-state index contributed by atoms with van der Waals surface area (Å²) in [5, 5.41) is 9.61. The highest BCUT2D eigenvalue weighted by Gasteiger charge is 2.38. The predicted molar refractivity (Wildman–Crippen MR) is 87.4 cm³/mol. The van der Waals surface area contributed by atoms with Gasteiger partial charge in [-0.1, -0.05) is 29.3 Å². The summed E-state index contributed by atoms with van der Waals surface area (Å²) in [4.78, 5) is 41.6. The second-order valence-electron chi connectivity index (χ2n) is 6.14. The van der Waals surface area contributed by atoms with Crippen LogP contribution in [-0.4, -0.2) is 22.8 Å². The Kier molecular flexibility index (Phi) is 3.85. The van der Waals surface area contributed by atoms with E-state index < -0.39 is 23.2 Å². The minimum atomic E-state index is -0.823. The number of carbonyl (C=O) groups excluding carboxylic acids is 3. The lowest BCUT2D eigenvalue weighted by Gasteiger charge is -2.16. The molecule has 0 radical (unpaired) electrons. The molecule has 0 unspecified atom stereocenters. The fraction of sp³-hybridized carbons (Fsp3) is 0.158. The van der Waals surface area contributed by atoms with Gasteiger partial charge in [-0.05, 0) is 43.7 Å². The third kappa shape index (κ3) is 2.76. The van der Waals surface area contributed by atoms with Crippen LogP contribution >= 0.6 is 0 Å². The third-order valence-electron chi connectivity index (χ3n) is 4.05. The van der Waals surface area contributed by atoms with E-state index in [0.717, 1.165) is 5.56 Å². The molecule has 124 valence electrons. The van der Waals surface area contributed by atoms with Crippen molar-refractivity contribution in [2.75, 3.05) is 0 Å². The molecule has 3 rings (SSSR count). The molecule has 6 heteroatoms. The Morgan fingerprint density at radius 3 is 2.00 bits per heavy atom. The van der Waals surface area contributed by atoms with Gasteiger partial charge >= 0.3 is 5.97 Å². The average Bonchev–Trinajstić information content (AvgIpc) is 2.87. The summed E-state index contributed by atoms with van der Waals surface area (Å²) >= 11 is 0. The van der Waals surface area contributed by atoms with Crippen LogP contribution in [0.4, 0.5) is 0 Å². The predicted octanol–water partition coefficient (Wildman–Crippen LogP) is 2.86. The quantitative estimate of drug-likeness (QED) is 0.805. The Hall–Kier alpha value is -3.46. The molecule has 2 aromatic rings. The number of hydroxylamine groups is 2. The van der Waals surface area contributed by atoms with Gasteiger partial charge in [0.1, 0.15) is 0 Å². The molecule has 6 nitrogen and oxygen atoms in total. The monoisotopic (exact) mass is 334 g/mol. The number of hydrogen-bond donors (Lipinski definition) is 0. The second-order valence-corrected chi connectivity index (χ2v) is 6.14. The first-order chi connectivity index (χ1) is 11.8. The summed E-state index contributed by atoms with van der Waals surface area (Å²) in [5.74, 6) is -2.16. The van der Waals surface area contributed by atoms with E-state index in [1.807, 2.05) is 0 Å². The van der Waals surface area contributed by atoms with E-state index in [1.54, 1.807) is 38.1 Å². The number of imide groups is 1. The van der Waals surface area contributed by atoms with E-state index in [1.165, 1.54) is 24.3 Å². The van der Waals surface area contributed by atoms with Gasteiger partial charge in [-0.3, -0.25) is 9.59 Å². The van der Waals surface area contributed by atoms with Crippen molar-refractivity contribution in [2.45, 2.75) is 19.3 Å². The van der Waals surface area contributed by atoms with E-state index in [4.69, 9.17) is 10.1 Å². The summed E-state index contributed by atoms with van der Waals surface area (Å²) in [6, 6.07) is 14.7. The van der Waals surface area contributed by atoms with Gasteiger partial charge < -0.3 is 4.84 Å². The van der Waals surface area contributed by atoms with Crippen molar-refractivity contribution in [1.29, 1.82) is 5.26 Å². The molecule has 1 aliphatic rings. The number of nitriles is 1. The number of rotatable bonds is 3. The average molecular weight is 334 g/mol. The van der Waals surface area contributed by atoms with Crippen molar-refractivity contribution in [1.82, 2.24) is 5.06 Å². The lowest BCUT2D eigenvalue weighted by atomic mass is 9.86. The molecule has 0 bridgehead atoms. The van der Waals surface area contributed by atoms with Crippen molar-refractivity contribution in [3.05, 3.63) is 70.8 Å². The van der Waals surface area contributed by atoms with Crippen molar-refractivity contribution in [2.24, 2.45) is 0 Å². The zero-order chi connectivity index (χ0) is 18.2. The summed E-state index contributed by atoms with van der Waals surface area (Å²) in [6.45, 7) is 3.53. The van der Waals surface area contributed by atoms with Crippen LogP contribution in [0.1, 0.15) is 50.5 Å². The lowest BCUT2D eigenvalue weighted by molar-refractivity contribution is -0.0584. The summed E-state index contributed by atoms with van der Waals surface area (Å²) in [7, 11) is 0. The van der Waals surface area contributed by atoms with E-state index in [-0.39, 0.29) is 16.7 Å². The second kappa shape index (κ2) is 5.87. The molecule has 1 aliphatic heterocycles. The van der Waals surface area contributed by atoms with Crippen LogP contribution in [-0.2, 0) is 10.3 Å². The fourth-order valence-electron chi connectivity index (χ4n) is 2.47. The zero-order valence-electron chi connectivity index (χ0n) is 13.6. The van der Waals surface area contributed by atoms with Crippen LogP contribution in [0.2, 0.25) is 0 Å². The molecule has 2 amide bonds. The maximum atomic E-state index is 12.2. The van der Waals surface area contributed by atoms with Gasteiger partial charge in [0.25, 0.3) is 11.8 Å². The fourth-order valence-corrected chi connectivity index (χ4v) is 2.47. The molecule has 0 atom stereocenters. The van der Waals surface area contributed by atoms with E-state index >= 15 is 0 Å². The molecule has 0 aromatic heterocycles. The smallest absolute Gasteiger partial charge is 0.324 e. The SMILES string of the molecule is CC(C)(C#N)c1ccc(C(=O)ON2C(=O)c3ccccc3C2=O)cc1. The molecule has 25 heavy (non-hydrogen) atoms. The minimum absolute atomic E-state index is 0.175. The summed E-state index contributed by atoms with van der Waals surface area (Å²) < 4.78 is 0. The molecule has 0 saturated carbocycles. The van der Waals surface area contributed by atoms with Crippen LogP contribution < -0.4 is 0 Å². The molecule has 0 aliphatic carbocycles. The van der Waals surface area contributed by atoms with Gasteiger partial charge in [0.2, 0.25) is 0 Å². The summed E-state index contributed by atoms with van der Waals surface area (Å²) in [6.07, 6.45) is 0. The van der Waals surface area contributed by atoms with Gasteiger partial charge in [0.15, 0.2) is 0 Å². The topological polar surface area (TPSA) is 87.5 Å². The van der Waals surface area contributed by atoms with Crippen LogP contribution in [0.3, 0.4) is 0 Å². The van der Waals surface area contributed by atoms with Gasteiger partial charge in [-0.15, -0.1) is 0 Å². The van der Waals surface area contributed by atoms with E-state index in [0.29, 0.717) is 5.06 Å². The lowest BCUT2D eigenvalue weighted by Crippen LogP contribution is -2.32. The highest BCUT2D eigenvalue weighted by molar-refractivity contribution is 6.21. The molecule has 0 fully saturated rings. The number of amides is 2. The van der Waals surface area contributed by atoms with E-state index in [2.05, 4.69) is 6.07 Å². The number of fused-ring (bicyclic) bond motifs is 1. The number of nitrogens with zero attached hydrogens (tertiary/aromatic N) is 2. The first kappa shape index (κ1) is 16.4. The van der Waals surface area contributed by atoms with Crippen molar-refractivity contribution >= 4 is 17.8 Å². The van der Waals surface area contributed by atoms with E-state index in [9.17, 15) is 14.4 Å². The maximum Gasteiger partial charge on any atom is 0.363 e. The molecule has 0 N–H and O–H groups in total. The minimum Gasteiger partial charge on any atom is -0.324 e. The molecular weight excluding hydrogens is 320 g/mol. The van der Waals surface area contributed by atoms with Crippen LogP contribution in [0.25, 0.3) is 0 Å². The Bertz CT molecular complexity index is 888. The summed E-state index contributed by atoms with van der Waals surface area (Å²) in [5.41, 5.74) is 0.629. The van der Waals surface area contributed by atoms with Gasteiger partial charge in [0.05, 0.1) is 28.2 Å². The molecular formula is C19H14N2O4. The third-order valence-corrected chi connectivity index (χ3v) is 4.05. The number of benzene rings is 2. The Morgan fingerprint density at radius 2 is 1.52 bits per heavy atom. The molecule has 1 heterocycles. The van der Waals surface area contributed by atoms with Gasteiger partial charge in [0, 0.05) is 0 Å². The molecule has 0 saturated heterocycles. The highest BCUT2D eigenvalue weighted by atomic mass is 16.7. The normalized spacial score (nSPS) is 13.4. The first-order valence-electron chi connectivity index (χ1n) is 7.57. The first-order valence-corrected chi connectivity index (χ1v) is 7.57. The Labute approximate surface area is 144 Å². The zero-order valence-corrected chi connectivity index (χ0v) is 13.6. The van der Waals surface area contributed by atoms with Crippen molar-refractivity contribution < 1.29 is 19.2 Å². The highest BCUT2D eigenvalue weighted by Crippen LogP contribution is 2.25. The van der Waals surface area contributed by atoms with Crippen LogP contribution in [0, 0.1) is 11.3 Å². The number of carbonyl (C=O) groups is 3. The maximum absolute atomic E-state index is 12.2. The van der Waals surface area contributed by atoms with Crippen molar-refractivity contribution in [3.8, 4) is 6.07 Å². The van der Waals surface area contributed by atoms with Crippen LogP contribution in [0.5, 0.6) is 0 Å². The molecule has 0 spiro atoms. The number of hydrogen-bond acceptors (Lipinski definition) is 5. The molecule has 2 aromatic carbocycles. The standard InChI is InChI=1S/C19H14N2O4/c1-19(2,11-20)13-9-7-12(8-10-13)18(24)25-21-16(22)14-5-3-4-6-15(14)17(21)23/h3-10H,1-2H3. The Morgan fingerprint density at radius 1 is 1.00 bits per heavy atom. The van der Waals surface area contributed by atoms with Crippen LogP contribution in [0.15, 0.2) is 48.5 Å². The Balaban J connectivity index is 1.79. The van der Waals surface area contributed by atoms with Gasteiger partial charge in [-0.2, -0.15) is 5.26 Å². The van der Waals surface area contributed by atoms with Crippen molar-refractivity contribution in [3.63, 3.8) is 0 Å². The largest absolute Gasteiger partial charge is 0.363 e.